The fourth-order valence-corrected chi connectivity index (χ4v) is 7.20. The van der Waals surface area contributed by atoms with E-state index in [4.69, 9.17) is 13.9 Å². The van der Waals surface area contributed by atoms with Crippen LogP contribution in [0.2, 0.25) is 0 Å². The molecule has 0 radical (unpaired) electrons. The van der Waals surface area contributed by atoms with Crippen LogP contribution >= 0.6 is 0 Å². The summed E-state index contributed by atoms with van der Waals surface area (Å²) in [7, 11) is 1.37. The Hall–Kier alpha value is -1.82. The van der Waals surface area contributed by atoms with Gasteiger partial charge in [0.2, 0.25) is 0 Å². The highest BCUT2D eigenvalue weighted by Crippen LogP contribution is 2.65. The van der Waals surface area contributed by atoms with Crippen molar-refractivity contribution in [2.24, 2.45) is 28.6 Å². The van der Waals surface area contributed by atoms with E-state index in [1.54, 1.807) is 12.3 Å². The van der Waals surface area contributed by atoms with Gasteiger partial charge in [-0.25, -0.2) is 0 Å². The summed E-state index contributed by atoms with van der Waals surface area (Å²) in [6.45, 7) is 8.05. The van der Waals surface area contributed by atoms with Crippen LogP contribution < -0.4 is 0 Å². The molecule has 1 heterocycles. The highest BCUT2D eigenvalue weighted by atomic mass is 16.6. The molecule has 0 saturated heterocycles. The van der Waals surface area contributed by atoms with Gasteiger partial charge in [0, 0.05) is 30.7 Å². The first-order valence-corrected chi connectivity index (χ1v) is 10.6. The summed E-state index contributed by atoms with van der Waals surface area (Å²) in [6.07, 6.45) is 3.76. The van der Waals surface area contributed by atoms with Crippen LogP contribution in [0.1, 0.15) is 64.2 Å². The molecule has 4 rings (SSSR count). The van der Waals surface area contributed by atoms with Crippen molar-refractivity contribution in [2.75, 3.05) is 7.11 Å². The third-order valence-electron chi connectivity index (χ3n) is 8.12. The lowest BCUT2D eigenvalue weighted by Gasteiger charge is -2.64. The van der Waals surface area contributed by atoms with Crippen molar-refractivity contribution in [1.29, 1.82) is 0 Å². The van der Waals surface area contributed by atoms with Gasteiger partial charge in [0.05, 0.1) is 25.4 Å². The molecule has 0 unspecified atom stereocenters. The number of hydrogen-bond donors (Lipinski definition) is 1. The van der Waals surface area contributed by atoms with Crippen LogP contribution in [0.4, 0.5) is 0 Å². The first kappa shape index (κ1) is 20.5. The van der Waals surface area contributed by atoms with E-state index in [0.29, 0.717) is 6.42 Å². The maximum atomic E-state index is 12.9. The first-order chi connectivity index (χ1) is 13.6. The summed E-state index contributed by atoms with van der Waals surface area (Å²) in [6, 6.07) is 1.81. The minimum Gasteiger partial charge on any atom is -0.469 e. The SMILES string of the molecule is COC(=O)[C@@H]1c2ccoc2C[C@H]2[C@@H]1[C@@H](O)[C@H](OC(C)=O)[C@@H]1C(C)(C)CCC[C@@]12C. The molecule has 2 fully saturated rings. The van der Waals surface area contributed by atoms with E-state index in [2.05, 4.69) is 20.8 Å². The minimum atomic E-state index is -0.938. The summed E-state index contributed by atoms with van der Waals surface area (Å²) >= 11 is 0. The Bertz CT molecular complexity index is 810. The molecule has 1 aromatic heterocycles. The number of carbonyl (C=O) groups excluding carboxylic acids is 2. The molecule has 0 aromatic carbocycles. The summed E-state index contributed by atoms with van der Waals surface area (Å²) in [5.74, 6) is -0.931. The molecule has 1 aromatic rings. The largest absolute Gasteiger partial charge is 0.469 e. The third kappa shape index (κ3) is 2.94. The Labute approximate surface area is 171 Å². The molecule has 160 valence electrons. The number of methoxy groups -OCH3 is 1. The summed E-state index contributed by atoms with van der Waals surface area (Å²) in [4.78, 5) is 24.9. The van der Waals surface area contributed by atoms with Crippen LogP contribution in [0.3, 0.4) is 0 Å². The van der Waals surface area contributed by atoms with Gasteiger partial charge in [-0.3, -0.25) is 9.59 Å². The zero-order valence-corrected chi connectivity index (χ0v) is 17.9. The molecule has 29 heavy (non-hydrogen) atoms. The van der Waals surface area contributed by atoms with Gasteiger partial charge < -0.3 is 19.0 Å². The normalized spacial score (nSPS) is 40.2. The van der Waals surface area contributed by atoms with E-state index in [1.807, 2.05) is 0 Å². The number of ether oxygens (including phenoxy) is 2. The molecule has 0 amide bonds. The van der Waals surface area contributed by atoms with E-state index in [-0.39, 0.29) is 34.6 Å². The van der Waals surface area contributed by atoms with Crippen molar-refractivity contribution < 1.29 is 28.6 Å². The van der Waals surface area contributed by atoms with Crippen molar-refractivity contribution >= 4 is 11.9 Å². The number of rotatable bonds is 2. The molecule has 7 atom stereocenters. The van der Waals surface area contributed by atoms with Crippen LogP contribution in [-0.4, -0.2) is 36.4 Å². The van der Waals surface area contributed by atoms with E-state index >= 15 is 0 Å². The summed E-state index contributed by atoms with van der Waals surface area (Å²) < 4.78 is 16.7. The number of aliphatic hydroxyl groups is 1. The van der Waals surface area contributed by atoms with Gasteiger partial charge >= 0.3 is 11.9 Å². The molecule has 2 saturated carbocycles. The van der Waals surface area contributed by atoms with Crippen LogP contribution in [0.5, 0.6) is 0 Å². The maximum Gasteiger partial charge on any atom is 0.313 e. The fourth-order valence-electron chi connectivity index (χ4n) is 7.20. The average Bonchev–Trinajstić information content (AvgIpc) is 3.10. The van der Waals surface area contributed by atoms with E-state index in [0.717, 1.165) is 30.6 Å². The lowest BCUT2D eigenvalue weighted by atomic mass is 9.42. The average molecular weight is 405 g/mol. The van der Waals surface area contributed by atoms with Crippen molar-refractivity contribution in [1.82, 2.24) is 0 Å². The molecule has 3 aliphatic carbocycles. The standard InChI is InChI=1S/C23H32O6/c1-12(24)29-19-18(25)17-14(23(4)9-6-8-22(2,3)20(19)23)11-15-13(7-10-28-15)16(17)21(26)27-5/h7,10,14,16-20,25H,6,8-9,11H2,1-5H3/t14-,16+,17-,18+,19-,20+,23+/m0/s1. The Morgan fingerprint density at radius 2 is 1.97 bits per heavy atom. The highest BCUT2D eigenvalue weighted by molar-refractivity contribution is 5.79. The van der Waals surface area contributed by atoms with Crippen LogP contribution in [-0.2, 0) is 25.5 Å². The second-order valence-electron chi connectivity index (χ2n) is 10.1. The minimum absolute atomic E-state index is 0.00120. The van der Waals surface area contributed by atoms with Gasteiger partial charge in [-0.15, -0.1) is 0 Å². The molecule has 0 aliphatic heterocycles. The van der Waals surface area contributed by atoms with Gasteiger partial charge in [-0.1, -0.05) is 27.2 Å². The monoisotopic (exact) mass is 404 g/mol. The number of aliphatic hydroxyl groups excluding tert-OH is 1. The quantitative estimate of drug-likeness (QED) is 0.760. The van der Waals surface area contributed by atoms with E-state index < -0.39 is 24.1 Å². The molecule has 0 spiro atoms. The topological polar surface area (TPSA) is 86.0 Å². The highest BCUT2D eigenvalue weighted by Gasteiger charge is 2.66. The summed E-state index contributed by atoms with van der Waals surface area (Å²) in [5, 5.41) is 11.6. The lowest BCUT2D eigenvalue weighted by molar-refractivity contribution is -0.230. The Balaban J connectivity index is 1.89. The predicted octanol–water partition coefficient (Wildman–Crippen LogP) is 3.46. The zero-order valence-electron chi connectivity index (χ0n) is 17.9. The predicted molar refractivity (Wildman–Crippen MR) is 105 cm³/mol. The van der Waals surface area contributed by atoms with E-state index in [9.17, 15) is 14.7 Å². The Morgan fingerprint density at radius 3 is 2.62 bits per heavy atom. The fraction of sp³-hybridized carbons (Fsp3) is 0.739. The molecule has 6 nitrogen and oxygen atoms in total. The molecule has 3 aliphatic rings. The van der Waals surface area contributed by atoms with E-state index in [1.165, 1.54) is 14.0 Å². The van der Waals surface area contributed by atoms with Crippen LogP contribution in [0, 0.1) is 28.6 Å². The lowest BCUT2D eigenvalue weighted by Crippen LogP contribution is -2.66. The molecule has 0 bridgehead atoms. The molecular formula is C23H32O6. The molecule has 1 N–H and O–H groups in total. The van der Waals surface area contributed by atoms with Gasteiger partial charge in [0.1, 0.15) is 11.9 Å². The molecule has 6 heteroatoms. The number of hydrogen-bond acceptors (Lipinski definition) is 6. The Kier molecular flexibility index (Phi) is 4.84. The number of fused-ring (bicyclic) bond motifs is 4. The maximum absolute atomic E-state index is 12.9. The van der Waals surface area contributed by atoms with Crippen LogP contribution in [0.15, 0.2) is 16.7 Å². The van der Waals surface area contributed by atoms with Crippen molar-refractivity contribution in [3.8, 4) is 0 Å². The third-order valence-corrected chi connectivity index (χ3v) is 8.12. The zero-order chi connectivity index (χ0) is 21.1. The van der Waals surface area contributed by atoms with Gasteiger partial charge in [0.15, 0.2) is 0 Å². The smallest absolute Gasteiger partial charge is 0.313 e. The molecular weight excluding hydrogens is 372 g/mol. The second kappa shape index (κ2) is 6.86. The van der Waals surface area contributed by atoms with Gasteiger partial charge in [-0.2, -0.15) is 0 Å². The Morgan fingerprint density at radius 1 is 1.24 bits per heavy atom. The number of furan rings is 1. The summed E-state index contributed by atoms with van der Waals surface area (Å²) in [5.41, 5.74) is 0.502. The second-order valence-corrected chi connectivity index (χ2v) is 10.1. The van der Waals surface area contributed by atoms with Crippen molar-refractivity contribution in [3.05, 3.63) is 23.7 Å². The number of carbonyl (C=O) groups is 2. The first-order valence-electron chi connectivity index (χ1n) is 10.6. The van der Waals surface area contributed by atoms with Gasteiger partial charge in [-0.05, 0) is 35.7 Å². The van der Waals surface area contributed by atoms with Crippen molar-refractivity contribution in [3.63, 3.8) is 0 Å². The van der Waals surface area contributed by atoms with Gasteiger partial charge in [0.25, 0.3) is 0 Å². The van der Waals surface area contributed by atoms with Crippen LogP contribution in [0.25, 0.3) is 0 Å². The number of esters is 2. The van der Waals surface area contributed by atoms with Crippen molar-refractivity contribution in [2.45, 2.75) is 71.5 Å².